The summed E-state index contributed by atoms with van der Waals surface area (Å²) < 4.78 is 12.4. The molecule has 7 nitrogen and oxygen atoms in total. The fourth-order valence-electron chi connectivity index (χ4n) is 2.14. The van der Waals surface area contributed by atoms with Crippen molar-refractivity contribution < 1.29 is 28.7 Å². The molecular weight excluding hydrogens is 271 g/mol. The van der Waals surface area contributed by atoms with Crippen LogP contribution in [0.5, 0.6) is 0 Å². The molecule has 1 unspecified atom stereocenters. The van der Waals surface area contributed by atoms with Gasteiger partial charge in [0.2, 0.25) is 12.3 Å². The summed E-state index contributed by atoms with van der Waals surface area (Å²) in [6, 6.07) is -2.13. The van der Waals surface area contributed by atoms with Gasteiger partial charge in [-0.15, -0.1) is 0 Å². The van der Waals surface area contributed by atoms with Crippen molar-refractivity contribution in [2.45, 2.75) is 37.8 Å². The zero-order valence-electron chi connectivity index (χ0n) is 10.9. The van der Waals surface area contributed by atoms with Crippen LogP contribution < -0.4 is 5.32 Å². The molecule has 0 radical (unpaired) electrons. The standard InChI is InChI=1S/C12H17FN2O5/c13-6-10(17)8(5-11(18)19)14-12(20)9-3-1-2-4-15(9)7-16/h7-9H,1-6H2,(H,14,20)(H,18,19)/t8?,9-/m0/s1. The fraction of sp³-hybridized carbons (Fsp3) is 0.667. The normalized spacial score (nSPS) is 20.1. The molecule has 1 aliphatic heterocycles. The third-order valence-electron chi connectivity index (χ3n) is 3.20. The Hall–Kier alpha value is -1.99. The third kappa shape index (κ3) is 4.29. The number of rotatable bonds is 7. The molecule has 0 aliphatic carbocycles. The van der Waals surface area contributed by atoms with Gasteiger partial charge in [-0.1, -0.05) is 0 Å². The zero-order chi connectivity index (χ0) is 15.1. The molecule has 1 aliphatic rings. The van der Waals surface area contributed by atoms with E-state index in [0.29, 0.717) is 19.4 Å². The number of hydrogen-bond donors (Lipinski definition) is 2. The molecule has 2 atom stereocenters. The fourth-order valence-corrected chi connectivity index (χ4v) is 2.14. The summed E-state index contributed by atoms with van der Waals surface area (Å²) in [5.74, 6) is -2.92. The highest BCUT2D eigenvalue weighted by Gasteiger charge is 2.31. The number of carbonyl (C=O) groups excluding carboxylic acids is 3. The summed E-state index contributed by atoms with van der Waals surface area (Å²) in [6.45, 7) is -0.914. The molecule has 2 N–H and O–H groups in total. The number of halogens is 1. The minimum atomic E-state index is -1.40. The number of piperidine rings is 1. The second-order valence-electron chi connectivity index (χ2n) is 4.61. The van der Waals surface area contributed by atoms with Gasteiger partial charge in [0.15, 0.2) is 5.78 Å². The maximum Gasteiger partial charge on any atom is 0.305 e. The molecule has 1 rings (SSSR count). The number of likely N-dealkylation sites (tertiary alicyclic amines) is 1. The van der Waals surface area contributed by atoms with Crippen LogP contribution in [0.25, 0.3) is 0 Å². The predicted molar refractivity (Wildman–Crippen MR) is 65.6 cm³/mol. The predicted octanol–water partition coefficient (Wildman–Crippen LogP) is -0.505. The van der Waals surface area contributed by atoms with Gasteiger partial charge in [0.25, 0.3) is 0 Å². The quantitative estimate of drug-likeness (QED) is 0.614. The minimum Gasteiger partial charge on any atom is -0.481 e. The van der Waals surface area contributed by atoms with Crippen LogP contribution in [0.3, 0.4) is 0 Å². The lowest BCUT2D eigenvalue weighted by Gasteiger charge is -2.32. The smallest absolute Gasteiger partial charge is 0.305 e. The Balaban J connectivity index is 2.70. The molecule has 1 heterocycles. The number of ketones is 1. The van der Waals surface area contributed by atoms with Crippen molar-refractivity contribution in [1.29, 1.82) is 0 Å². The van der Waals surface area contributed by atoms with Crippen LogP contribution in [0, 0.1) is 0 Å². The highest BCUT2D eigenvalue weighted by Crippen LogP contribution is 2.15. The van der Waals surface area contributed by atoms with E-state index in [0.717, 1.165) is 12.8 Å². The molecule has 0 aromatic rings. The minimum absolute atomic E-state index is 0.433. The van der Waals surface area contributed by atoms with E-state index in [1.165, 1.54) is 4.90 Å². The number of hydrogen-bond acceptors (Lipinski definition) is 4. The first-order valence-corrected chi connectivity index (χ1v) is 6.31. The summed E-state index contributed by atoms with van der Waals surface area (Å²) in [7, 11) is 0. The third-order valence-corrected chi connectivity index (χ3v) is 3.20. The van der Waals surface area contributed by atoms with E-state index >= 15 is 0 Å². The van der Waals surface area contributed by atoms with Crippen LogP contribution in [-0.2, 0) is 19.2 Å². The second kappa shape index (κ2) is 7.56. The number of nitrogens with zero attached hydrogens (tertiary/aromatic N) is 1. The number of amides is 2. The first kappa shape index (κ1) is 16.1. The van der Waals surface area contributed by atoms with Gasteiger partial charge in [0, 0.05) is 6.54 Å². The Labute approximate surface area is 115 Å². The number of Topliss-reactive ketones (excluding diaryl/α,β-unsaturated/α-hetero) is 1. The van der Waals surface area contributed by atoms with E-state index in [2.05, 4.69) is 5.32 Å². The van der Waals surface area contributed by atoms with Crippen molar-refractivity contribution in [2.24, 2.45) is 0 Å². The van der Waals surface area contributed by atoms with Crippen LogP contribution in [0.1, 0.15) is 25.7 Å². The number of alkyl halides is 1. The molecule has 1 fully saturated rings. The molecule has 0 saturated carbocycles. The molecule has 8 heteroatoms. The zero-order valence-corrected chi connectivity index (χ0v) is 10.9. The lowest BCUT2D eigenvalue weighted by molar-refractivity contribution is -0.141. The van der Waals surface area contributed by atoms with Gasteiger partial charge >= 0.3 is 5.97 Å². The monoisotopic (exact) mass is 288 g/mol. The van der Waals surface area contributed by atoms with Crippen LogP contribution in [0.15, 0.2) is 0 Å². The van der Waals surface area contributed by atoms with Crippen molar-refractivity contribution in [3.63, 3.8) is 0 Å². The van der Waals surface area contributed by atoms with Crippen LogP contribution >= 0.6 is 0 Å². The summed E-state index contributed by atoms with van der Waals surface area (Å²) in [6.07, 6.45) is 1.84. The molecular formula is C12H17FN2O5. The van der Waals surface area contributed by atoms with E-state index in [1.54, 1.807) is 0 Å². The maximum absolute atomic E-state index is 12.4. The number of carboxylic acid groups (broad SMARTS) is 1. The molecule has 0 spiro atoms. The molecule has 20 heavy (non-hydrogen) atoms. The topological polar surface area (TPSA) is 104 Å². The van der Waals surface area contributed by atoms with E-state index in [9.17, 15) is 23.6 Å². The first-order chi connectivity index (χ1) is 9.49. The summed E-state index contributed by atoms with van der Waals surface area (Å²) in [4.78, 5) is 46.1. The number of nitrogens with one attached hydrogen (secondary N) is 1. The highest BCUT2D eigenvalue weighted by molar-refractivity contribution is 5.94. The van der Waals surface area contributed by atoms with Crippen molar-refractivity contribution in [3.05, 3.63) is 0 Å². The SMILES string of the molecule is O=CN1CCCC[C@H]1C(=O)NC(CC(=O)O)C(=O)CF. The number of carbonyl (C=O) groups is 4. The molecule has 2 amide bonds. The lowest BCUT2D eigenvalue weighted by Crippen LogP contribution is -2.53. The average molecular weight is 288 g/mol. The molecule has 0 aromatic heterocycles. The summed E-state index contributed by atoms with van der Waals surface area (Å²) in [5, 5.41) is 10.9. The molecule has 0 bridgehead atoms. The number of aliphatic carboxylic acids is 1. The Morgan fingerprint density at radius 1 is 1.40 bits per heavy atom. The Bertz CT molecular complexity index is 401. The van der Waals surface area contributed by atoms with Gasteiger partial charge in [-0.3, -0.25) is 19.2 Å². The van der Waals surface area contributed by atoms with Crippen molar-refractivity contribution in [1.82, 2.24) is 10.2 Å². The Morgan fingerprint density at radius 3 is 2.65 bits per heavy atom. The van der Waals surface area contributed by atoms with Crippen molar-refractivity contribution in [2.75, 3.05) is 13.2 Å². The van der Waals surface area contributed by atoms with Gasteiger partial charge in [-0.25, -0.2) is 4.39 Å². The van der Waals surface area contributed by atoms with E-state index in [4.69, 9.17) is 5.11 Å². The Kier molecular flexibility index (Phi) is 6.08. The van der Waals surface area contributed by atoms with Crippen LogP contribution in [0.4, 0.5) is 4.39 Å². The summed E-state index contributed by atoms with van der Waals surface area (Å²) in [5.41, 5.74) is 0. The largest absolute Gasteiger partial charge is 0.481 e. The first-order valence-electron chi connectivity index (χ1n) is 6.31. The van der Waals surface area contributed by atoms with Crippen LogP contribution in [-0.4, -0.2) is 59.4 Å². The van der Waals surface area contributed by atoms with Gasteiger partial charge in [0.1, 0.15) is 18.8 Å². The van der Waals surface area contributed by atoms with Crippen molar-refractivity contribution >= 4 is 24.1 Å². The maximum atomic E-state index is 12.4. The van der Waals surface area contributed by atoms with Gasteiger partial charge in [-0.05, 0) is 19.3 Å². The molecule has 0 aromatic carbocycles. The molecule has 1 saturated heterocycles. The second-order valence-corrected chi connectivity index (χ2v) is 4.61. The lowest BCUT2D eigenvalue weighted by atomic mass is 10.0. The highest BCUT2D eigenvalue weighted by atomic mass is 19.1. The van der Waals surface area contributed by atoms with E-state index in [1.807, 2.05) is 0 Å². The van der Waals surface area contributed by atoms with Gasteiger partial charge in [-0.2, -0.15) is 0 Å². The average Bonchev–Trinajstić information content (AvgIpc) is 2.45. The molecule has 112 valence electrons. The van der Waals surface area contributed by atoms with Crippen LogP contribution in [0.2, 0.25) is 0 Å². The number of carboxylic acids is 1. The van der Waals surface area contributed by atoms with E-state index in [-0.39, 0.29) is 0 Å². The summed E-state index contributed by atoms with van der Waals surface area (Å²) >= 11 is 0. The van der Waals surface area contributed by atoms with Crippen molar-refractivity contribution in [3.8, 4) is 0 Å². The van der Waals surface area contributed by atoms with Gasteiger partial charge in [0.05, 0.1) is 6.42 Å². The van der Waals surface area contributed by atoms with E-state index < -0.39 is 42.8 Å². The van der Waals surface area contributed by atoms with Gasteiger partial charge < -0.3 is 15.3 Å². The Morgan fingerprint density at radius 2 is 2.10 bits per heavy atom.